The van der Waals surface area contributed by atoms with E-state index in [-0.39, 0.29) is 0 Å². The Bertz CT molecular complexity index is 1080. The number of aromatic nitrogens is 4. The van der Waals surface area contributed by atoms with Crippen molar-refractivity contribution in [2.45, 2.75) is 13.3 Å². The van der Waals surface area contributed by atoms with Gasteiger partial charge in [-0.15, -0.1) is 11.3 Å². The van der Waals surface area contributed by atoms with Gasteiger partial charge in [0.05, 0.1) is 16.8 Å². The van der Waals surface area contributed by atoms with Crippen molar-refractivity contribution < 1.29 is 4.74 Å². The third-order valence-electron chi connectivity index (χ3n) is 4.25. The second kappa shape index (κ2) is 8.93. The van der Waals surface area contributed by atoms with E-state index in [1.165, 1.54) is 0 Å². The number of hydrogen-bond acceptors (Lipinski definition) is 8. The quantitative estimate of drug-likeness (QED) is 0.422. The number of nitrogens with two attached hydrogens (primary N) is 1. The number of rotatable bonds is 8. The predicted octanol–water partition coefficient (Wildman–Crippen LogP) is 4.24. The Balaban J connectivity index is 1.72. The van der Waals surface area contributed by atoms with Crippen LogP contribution in [-0.2, 0) is 4.74 Å². The number of nitrogens with zero attached hydrogens (tertiary/aromatic N) is 4. The number of fused-ring (bicyclic) bond motifs is 1. The Morgan fingerprint density at radius 3 is 2.79 bits per heavy atom. The highest BCUT2D eigenvalue weighted by Crippen LogP contribution is 2.36. The lowest BCUT2D eigenvalue weighted by Gasteiger charge is -2.09. The number of ether oxygens (including phenoxy) is 1. The van der Waals surface area contributed by atoms with Gasteiger partial charge in [-0.1, -0.05) is 13.0 Å². The Hall–Kier alpha value is -3.10. The molecule has 0 amide bonds. The molecule has 3 N–H and O–H groups in total. The summed E-state index contributed by atoms with van der Waals surface area (Å²) in [4.78, 5) is 19.0. The molecule has 148 valence electrons. The summed E-state index contributed by atoms with van der Waals surface area (Å²) in [5.41, 5.74) is 8.48. The van der Waals surface area contributed by atoms with Gasteiger partial charge in [0.25, 0.3) is 0 Å². The number of nitrogens with one attached hydrogen (secondary N) is 1. The summed E-state index contributed by atoms with van der Waals surface area (Å²) >= 11 is 1.65. The smallest absolute Gasteiger partial charge is 0.163 e. The largest absolute Gasteiger partial charge is 0.384 e. The Labute approximate surface area is 173 Å². The maximum atomic E-state index is 5.72. The second-order valence-electron chi connectivity index (χ2n) is 6.47. The summed E-state index contributed by atoms with van der Waals surface area (Å²) in [6.07, 6.45) is 6.32. The van der Waals surface area contributed by atoms with Crippen molar-refractivity contribution >= 4 is 33.2 Å². The highest BCUT2D eigenvalue weighted by molar-refractivity contribution is 7.22. The van der Waals surface area contributed by atoms with Gasteiger partial charge >= 0.3 is 0 Å². The summed E-state index contributed by atoms with van der Waals surface area (Å²) in [6.45, 7) is 4.15. The van der Waals surface area contributed by atoms with Gasteiger partial charge in [0.1, 0.15) is 11.6 Å². The normalized spacial score (nSPS) is 11.1. The third-order valence-corrected chi connectivity index (χ3v) is 5.43. The van der Waals surface area contributed by atoms with Gasteiger partial charge in [0.2, 0.25) is 0 Å². The van der Waals surface area contributed by atoms with Crippen LogP contribution in [0.1, 0.15) is 13.3 Å². The monoisotopic (exact) mass is 406 g/mol. The van der Waals surface area contributed by atoms with Crippen molar-refractivity contribution in [3.05, 3.63) is 48.9 Å². The van der Waals surface area contributed by atoms with Gasteiger partial charge in [-0.05, 0) is 30.7 Å². The lowest BCUT2D eigenvalue weighted by Crippen LogP contribution is -2.11. The first-order valence-electron chi connectivity index (χ1n) is 9.50. The van der Waals surface area contributed by atoms with Gasteiger partial charge in [-0.3, -0.25) is 4.98 Å². The Kier molecular flexibility index (Phi) is 5.92. The molecule has 0 saturated heterocycles. The lowest BCUT2D eigenvalue weighted by molar-refractivity contribution is 0.144. The van der Waals surface area contributed by atoms with Crippen LogP contribution in [-0.4, -0.2) is 39.7 Å². The van der Waals surface area contributed by atoms with Gasteiger partial charge in [-0.2, -0.15) is 0 Å². The van der Waals surface area contributed by atoms with E-state index < -0.39 is 0 Å². The van der Waals surface area contributed by atoms with Crippen LogP contribution in [0.5, 0.6) is 0 Å². The predicted molar refractivity (Wildman–Crippen MR) is 118 cm³/mol. The molecule has 29 heavy (non-hydrogen) atoms. The molecule has 0 aromatic carbocycles. The summed E-state index contributed by atoms with van der Waals surface area (Å²) in [7, 11) is 0. The number of pyridine rings is 2. The number of hydrogen-bond donors (Lipinski definition) is 2. The van der Waals surface area contributed by atoms with E-state index in [4.69, 9.17) is 20.4 Å². The molecule has 0 fully saturated rings. The molecule has 0 bridgehead atoms. The number of nitrogen functional groups attached to an aromatic ring is 1. The molecule has 0 atom stereocenters. The van der Waals surface area contributed by atoms with Gasteiger partial charge < -0.3 is 15.8 Å². The van der Waals surface area contributed by atoms with E-state index in [9.17, 15) is 0 Å². The van der Waals surface area contributed by atoms with E-state index in [0.717, 1.165) is 45.1 Å². The van der Waals surface area contributed by atoms with E-state index in [1.54, 1.807) is 29.8 Å². The standard InChI is InChI=1S/C21H22N6OS/c1-2-9-28-10-8-24-21-19-16(11-17(29-19)14-4-3-7-23-12-14)26-20(27-21)15-5-6-18(22)25-13-15/h3-7,11-13H,2,8-10H2,1H3,(H2,22,25)(H,24,26,27). The zero-order chi connectivity index (χ0) is 20.1. The van der Waals surface area contributed by atoms with Crippen LogP contribution in [0.2, 0.25) is 0 Å². The molecule has 4 rings (SSSR count). The van der Waals surface area contributed by atoms with Gasteiger partial charge in [0, 0.05) is 47.7 Å². The van der Waals surface area contributed by atoms with Crippen LogP contribution in [0.4, 0.5) is 11.6 Å². The first kappa shape index (κ1) is 19.2. The summed E-state index contributed by atoms with van der Waals surface area (Å²) in [5.74, 6) is 1.87. The van der Waals surface area contributed by atoms with Crippen LogP contribution in [0.25, 0.3) is 32.0 Å². The highest BCUT2D eigenvalue weighted by atomic mass is 32.1. The molecule has 0 spiro atoms. The van der Waals surface area contributed by atoms with Crippen LogP contribution >= 0.6 is 11.3 Å². The van der Waals surface area contributed by atoms with Crippen molar-refractivity contribution in [1.29, 1.82) is 0 Å². The molecular formula is C21H22N6OS. The molecule has 0 aliphatic carbocycles. The summed E-state index contributed by atoms with van der Waals surface area (Å²) in [6, 6.07) is 9.68. The fraction of sp³-hybridized carbons (Fsp3) is 0.238. The molecule has 0 aliphatic heterocycles. The number of thiophene rings is 1. The maximum Gasteiger partial charge on any atom is 0.163 e. The Morgan fingerprint density at radius 1 is 1.10 bits per heavy atom. The molecule has 8 heteroatoms. The molecule has 0 aliphatic rings. The minimum absolute atomic E-state index is 0.468. The summed E-state index contributed by atoms with van der Waals surface area (Å²) in [5, 5.41) is 3.41. The second-order valence-corrected chi connectivity index (χ2v) is 7.53. The highest BCUT2D eigenvalue weighted by Gasteiger charge is 2.14. The third kappa shape index (κ3) is 4.49. The lowest BCUT2D eigenvalue weighted by atomic mass is 10.2. The molecular weight excluding hydrogens is 384 g/mol. The molecule has 0 unspecified atom stereocenters. The van der Waals surface area contributed by atoms with E-state index in [1.807, 2.05) is 24.4 Å². The first-order valence-corrected chi connectivity index (χ1v) is 10.3. The first-order chi connectivity index (χ1) is 14.2. The van der Waals surface area contributed by atoms with E-state index in [2.05, 4.69) is 28.3 Å². The van der Waals surface area contributed by atoms with E-state index in [0.29, 0.717) is 24.8 Å². The number of anilines is 2. The molecule has 0 saturated carbocycles. The zero-order valence-corrected chi connectivity index (χ0v) is 16.9. The minimum Gasteiger partial charge on any atom is -0.384 e. The van der Waals surface area contributed by atoms with Gasteiger partial charge in [0.15, 0.2) is 5.82 Å². The fourth-order valence-electron chi connectivity index (χ4n) is 2.86. The van der Waals surface area contributed by atoms with Crippen molar-refractivity contribution in [3.8, 4) is 21.8 Å². The van der Waals surface area contributed by atoms with Crippen LogP contribution in [0.15, 0.2) is 48.9 Å². The molecule has 4 aromatic heterocycles. The van der Waals surface area contributed by atoms with Crippen molar-refractivity contribution in [2.24, 2.45) is 0 Å². The molecule has 7 nitrogen and oxygen atoms in total. The summed E-state index contributed by atoms with van der Waals surface area (Å²) < 4.78 is 6.59. The van der Waals surface area contributed by atoms with Crippen molar-refractivity contribution in [2.75, 3.05) is 30.8 Å². The van der Waals surface area contributed by atoms with Crippen LogP contribution < -0.4 is 11.1 Å². The average molecular weight is 407 g/mol. The van der Waals surface area contributed by atoms with Crippen molar-refractivity contribution in [1.82, 2.24) is 19.9 Å². The van der Waals surface area contributed by atoms with E-state index >= 15 is 0 Å². The average Bonchev–Trinajstić information content (AvgIpc) is 3.19. The molecule has 0 radical (unpaired) electrons. The van der Waals surface area contributed by atoms with Crippen molar-refractivity contribution in [3.63, 3.8) is 0 Å². The van der Waals surface area contributed by atoms with Crippen LogP contribution in [0.3, 0.4) is 0 Å². The van der Waals surface area contributed by atoms with Crippen LogP contribution in [0, 0.1) is 0 Å². The fourth-order valence-corrected chi connectivity index (χ4v) is 3.91. The zero-order valence-electron chi connectivity index (χ0n) is 16.1. The SMILES string of the molecule is CCCOCCNc1nc(-c2ccc(N)nc2)nc2cc(-c3cccnc3)sc12. The van der Waals surface area contributed by atoms with Gasteiger partial charge in [-0.25, -0.2) is 15.0 Å². The minimum atomic E-state index is 0.468. The maximum absolute atomic E-state index is 5.72. The Morgan fingerprint density at radius 2 is 2.03 bits per heavy atom. The molecule has 4 heterocycles. The molecule has 4 aromatic rings. The topological polar surface area (TPSA) is 98.8 Å².